The van der Waals surface area contributed by atoms with Gasteiger partial charge in [-0.25, -0.2) is 0 Å². The Kier molecular flexibility index (Phi) is 5.80. The number of halogens is 1. The minimum absolute atomic E-state index is 0.178. The summed E-state index contributed by atoms with van der Waals surface area (Å²) in [6, 6.07) is 18.5. The van der Waals surface area contributed by atoms with E-state index in [2.05, 4.69) is 5.10 Å². The first-order valence-electron chi connectivity index (χ1n) is 11.4. The molecule has 0 unspecified atom stereocenters. The summed E-state index contributed by atoms with van der Waals surface area (Å²) < 4.78 is 8.30. The van der Waals surface area contributed by atoms with Gasteiger partial charge in [-0.05, 0) is 55.3 Å². The van der Waals surface area contributed by atoms with Crippen LogP contribution in [0.5, 0.6) is 5.75 Å². The maximum absolute atomic E-state index is 14.0. The molecular weight excluding hydrogens is 476 g/mol. The number of amides is 1. The Balaban J connectivity index is 1.83. The van der Waals surface area contributed by atoms with Crippen LogP contribution in [0.3, 0.4) is 0 Å². The normalized spacial score (nSPS) is 11.3. The van der Waals surface area contributed by atoms with Crippen molar-refractivity contribution in [3.63, 3.8) is 0 Å². The first kappa shape index (κ1) is 23.6. The van der Waals surface area contributed by atoms with E-state index >= 15 is 0 Å². The standard InChI is InChI=1S/C28H25ClN4O3/c1-16-10-11-17(2)22(14-16)32(4)27(34)25-24-19-8-6-7-9-21(19)31(3)26(24)28(35)33(30-25)18-12-13-23(36-5)20(29)15-18/h6-15H,1-5H3. The van der Waals surface area contributed by atoms with Gasteiger partial charge in [-0.3, -0.25) is 9.59 Å². The van der Waals surface area contributed by atoms with Gasteiger partial charge in [0.25, 0.3) is 11.5 Å². The predicted molar refractivity (Wildman–Crippen MR) is 144 cm³/mol. The van der Waals surface area contributed by atoms with Crippen molar-refractivity contribution in [2.75, 3.05) is 19.1 Å². The topological polar surface area (TPSA) is 69.4 Å². The predicted octanol–water partition coefficient (Wildman–Crippen LogP) is 5.43. The number of methoxy groups -OCH3 is 1. The molecule has 0 aliphatic carbocycles. The number of nitrogens with zero attached hydrogens (tertiary/aromatic N) is 4. The minimum atomic E-state index is -0.351. The summed E-state index contributed by atoms with van der Waals surface area (Å²) in [4.78, 5) is 29.4. The molecule has 0 N–H and O–H groups in total. The third-order valence-corrected chi connectivity index (χ3v) is 6.85. The van der Waals surface area contributed by atoms with Gasteiger partial charge in [0, 0.05) is 36.1 Å². The van der Waals surface area contributed by atoms with Crippen molar-refractivity contribution in [1.82, 2.24) is 14.3 Å². The number of anilines is 1. The lowest BCUT2D eigenvalue weighted by Gasteiger charge is -2.21. The largest absolute Gasteiger partial charge is 0.495 e. The van der Waals surface area contributed by atoms with Crippen LogP contribution < -0.4 is 15.2 Å². The van der Waals surface area contributed by atoms with Crippen molar-refractivity contribution < 1.29 is 9.53 Å². The first-order valence-corrected chi connectivity index (χ1v) is 11.8. The molecule has 0 saturated carbocycles. The molecule has 2 aromatic heterocycles. The smallest absolute Gasteiger partial charge is 0.296 e. The van der Waals surface area contributed by atoms with Gasteiger partial charge in [0.05, 0.1) is 17.8 Å². The number of aromatic nitrogens is 3. The Morgan fingerprint density at radius 2 is 1.81 bits per heavy atom. The van der Waals surface area contributed by atoms with Gasteiger partial charge in [-0.15, -0.1) is 0 Å². The SMILES string of the molecule is COc1ccc(-n2nc(C(=O)N(C)c3cc(C)ccc3C)c3c4ccccc4n(C)c3c2=O)cc1Cl. The molecule has 0 radical (unpaired) electrons. The summed E-state index contributed by atoms with van der Waals surface area (Å²) in [5, 5.41) is 6.28. The number of carbonyl (C=O) groups excluding carboxylic acids is 1. The fourth-order valence-electron chi connectivity index (χ4n) is 4.64. The zero-order chi connectivity index (χ0) is 25.7. The molecule has 0 bridgehead atoms. The summed E-state index contributed by atoms with van der Waals surface area (Å²) in [6.07, 6.45) is 0. The van der Waals surface area contributed by atoms with Gasteiger partial charge in [-0.2, -0.15) is 9.78 Å². The number of fused-ring (bicyclic) bond motifs is 3. The van der Waals surface area contributed by atoms with Crippen molar-refractivity contribution in [3.05, 3.63) is 92.9 Å². The van der Waals surface area contributed by atoms with Crippen molar-refractivity contribution >= 4 is 45.0 Å². The Bertz CT molecular complexity index is 1740. The van der Waals surface area contributed by atoms with Crippen LogP contribution in [0.25, 0.3) is 27.5 Å². The molecule has 7 nitrogen and oxygen atoms in total. The van der Waals surface area contributed by atoms with Gasteiger partial charge < -0.3 is 14.2 Å². The lowest BCUT2D eigenvalue weighted by Crippen LogP contribution is -2.32. The van der Waals surface area contributed by atoms with E-state index in [9.17, 15) is 9.59 Å². The lowest BCUT2D eigenvalue weighted by atomic mass is 10.1. The molecule has 1 amide bonds. The number of carbonyl (C=O) groups is 1. The fourth-order valence-corrected chi connectivity index (χ4v) is 4.89. The van der Waals surface area contributed by atoms with E-state index in [4.69, 9.17) is 16.3 Å². The van der Waals surface area contributed by atoms with Crippen molar-refractivity contribution in [1.29, 1.82) is 0 Å². The van der Waals surface area contributed by atoms with Gasteiger partial charge >= 0.3 is 0 Å². The van der Waals surface area contributed by atoms with Crippen LogP contribution in [0.2, 0.25) is 5.02 Å². The molecule has 5 rings (SSSR count). The Hall–Kier alpha value is -4.10. The minimum Gasteiger partial charge on any atom is -0.495 e. The van der Waals surface area contributed by atoms with Crippen LogP contribution in [0.4, 0.5) is 5.69 Å². The second kappa shape index (κ2) is 8.84. The molecule has 0 aliphatic heterocycles. The summed E-state index contributed by atoms with van der Waals surface area (Å²) in [5.41, 5.74) is 4.25. The van der Waals surface area contributed by atoms with E-state index in [1.807, 2.05) is 67.9 Å². The molecule has 36 heavy (non-hydrogen) atoms. The van der Waals surface area contributed by atoms with E-state index in [-0.39, 0.29) is 17.2 Å². The molecule has 0 atom stereocenters. The van der Waals surface area contributed by atoms with Gasteiger partial charge in [0.1, 0.15) is 11.3 Å². The van der Waals surface area contributed by atoms with E-state index in [1.54, 1.807) is 30.1 Å². The third kappa shape index (κ3) is 3.63. The number of ether oxygens (including phenoxy) is 1. The number of benzene rings is 3. The quantitative estimate of drug-likeness (QED) is 0.330. The highest BCUT2D eigenvalue weighted by Crippen LogP contribution is 2.31. The molecule has 2 heterocycles. The average Bonchev–Trinajstić information content (AvgIpc) is 3.18. The highest BCUT2D eigenvalue weighted by atomic mass is 35.5. The number of rotatable bonds is 4. The summed E-state index contributed by atoms with van der Waals surface area (Å²) in [6.45, 7) is 3.94. The van der Waals surface area contributed by atoms with E-state index in [1.165, 1.54) is 11.8 Å². The van der Waals surface area contributed by atoms with Crippen LogP contribution in [0.15, 0.2) is 65.5 Å². The number of hydrogen-bond acceptors (Lipinski definition) is 4. The molecule has 0 spiro atoms. The summed E-state index contributed by atoms with van der Waals surface area (Å²) >= 11 is 6.36. The molecule has 5 aromatic rings. The van der Waals surface area contributed by atoms with Crippen LogP contribution in [-0.2, 0) is 7.05 Å². The molecule has 3 aromatic carbocycles. The van der Waals surface area contributed by atoms with Gasteiger partial charge in [0.15, 0.2) is 5.69 Å². The zero-order valence-corrected chi connectivity index (χ0v) is 21.4. The molecule has 182 valence electrons. The maximum atomic E-state index is 14.0. The fraction of sp³-hybridized carbons (Fsp3) is 0.179. The van der Waals surface area contributed by atoms with E-state index in [0.29, 0.717) is 27.4 Å². The van der Waals surface area contributed by atoms with Crippen molar-refractivity contribution in [2.24, 2.45) is 7.05 Å². The molecule has 0 saturated heterocycles. The van der Waals surface area contributed by atoms with E-state index < -0.39 is 0 Å². The summed E-state index contributed by atoms with van der Waals surface area (Å²) in [7, 11) is 5.06. The first-order chi connectivity index (χ1) is 17.2. The number of hydrogen-bond donors (Lipinski definition) is 0. The highest BCUT2D eigenvalue weighted by Gasteiger charge is 2.26. The molecule has 0 aliphatic rings. The second-order valence-electron chi connectivity index (χ2n) is 8.84. The lowest BCUT2D eigenvalue weighted by molar-refractivity contribution is 0.0988. The Labute approximate surface area is 213 Å². The Morgan fingerprint density at radius 1 is 1.06 bits per heavy atom. The second-order valence-corrected chi connectivity index (χ2v) is 9.25. The molecular formula is C28H25ClN4O3. The Morgan fingerprint density at radius 3 is 2.53 bits per heavy atom. The van der Waals surface area contributed by atoms with Crippen LogP contribution in [-0.4, -0.2) is 34.4 Å². The number of para-hydroxylation sites is 1. The van der Waals surface area contributed by atoms with Crippen molar-refractivity contribution in [2.45, 2.75) is 13.8 Å². The summed E-state index contributed by atoms with van der Waals surface area (Å²) in [5.74, 6) is 0.156. The highest BCUT2D eigenvalue weighted by molar-refractivity contribution is 6.32. The van der Waals surface area contributed by atoms with Gasteiger partial charge in [-0.1, -0.05) is 41.9 Å². The van der Waals surface area contributed by atoms with Crippen LogP contribution >= 0.6 is 11.6 Å². The molecule has 8 heteroatoms. The monoisotopic (exact) mass is 500 g/mol. The molecule has 0 fully saturated rings. The third-order valence-electron chi connectivity index (χ3n) is 6.55. The van der Waals surface area contributed by atoms with Crippen molar-refractivity contribution in [3.8, 4) is 11.4 Å². The van der Waals surface area contributed by atoms with Crippen LogP contribution in [0.1, 0.15) is 21.6 Å². The number of aryl methyl sites for hydroxylation is 3. The van der Waals surface area contributed by atoms with Crippen LogP contribution in [0, 0.1) is 13.8 Å². The van der Waals surface area contributed by atoms with Gasteiger partial charge in [0.2, 0.25) is 0 Å². The zero-order valence-electron chi connectivity index (χ0n) is 20.7. The average molecular weight is 501 g/mol. The van der Waals surface area contributed by atoms with E-state index in [0.717, 1.165) is 27.7 Å². The maximum Gasteiger partial charge on any atom is 0.296 e.